The maximum atomic E-state index is 8.25. The van der Waals surface area contributed by atoms with Crippen LogP contribution >= 0.6 is 0 Å². The molecule has 0 rings (SSSR count). The van der Waals surface area contributed by atoms with Crippen LogP contribution in [0.5, 0.6) is 0 Å². The smallest absolute Gasteiger partial charge is 0.0755 e. The molecule has 152 valence electrons. The van der Waals surface area contributed by atoms with E-state index in [4.69, 9.17) is 15.3 Å². The number of unbranched alkanes of at least 4 members (excludes halogenated alkanes) is 14. The highest BCUT2D eigenvalue weighted by Crippen LogP contribution is 2.08. The number of nitrogens with zero attached hydrogens (tertiary/aromatic N) is 1. The van der Waals surface area contributed by atoms with Gasteiger partial charge in [-0.15, -0.1) is 0 Å². The Labute approximate surface area is 156 Å². The van der Waals surface area contributed by atoms with Gasteiger partial charge in [-0.2, -0.15) is 0 Å². The third kappa shape index (κ3) is 35.2. The van der Waals surface area contributed by atoms with Gasteiger partial charge in [0.05, 0.1) is 18.2 Å². The number of quaternary nitrogens is 1. The van der Waals surface area contributed by atoms with Crippen molar-refractivity contribution in [1.82, 2.24) is 0 Å². The first-order chi connectivity index (χ1) is 12.1. The molecule has 2 N–H and O–H groups in total. The summed E-state index contributed by atoms with van der Waals surface area (Å²) >= 11 is 0. The van der Waals surface area contributed by atoms with Gasteiger partial charge in [-0.05, 0) is 25.7 Å². The van der Waals surface area contributed by atoms with Crippen LogP contribution in [0.2, 0.25) is 0 Å². The SMILES string of the molecule is CCCCCCCCCC[NH2+]CCCCCCCCCC.O=[N+]([O-])[O-]. The largest absolute Gasteiger partial charge is 0.356 e. The maximum absolute atomic E-state index is 8.25. The van der Waals surface area contributed by atoms with Gasteiger partial charge in [0.25, 0.3) is 0 Å². The molecule has 0 aromatic carbocycles. The molecule has 0 heterocycles. The van der Waals surface area contributed by atoms with Crippen molar-refractivity contribution in [3.8, 4) is 0 Å². The topological polar surface area (TPSA) is 82.8 Å². The standard InChI is InChI=1S/C20H43N.NO3/c1-3-5-7-9-11-13-15-17-19-21-20-18-16-14-12-10-8-6-4-2;2-1(3)4/h21H,3-20H2,1-2H3;/q;-1/p+1. The van der Waals surface area contributed by atoms with Crippen molar-refractivity contribution >= 4 is 0 Å². The summed E-state index contributed by atoms with van der Waals surface area (Å²) < 4.78 is 0. The molecule has 0 bridgehead atoms. The van der Waals surface area contributed by atoms with Crippen LogP contribution in [-0.4, -0.2) is 18.2 Å². The van der Waals surface area contributed by atoms with Crippen molar-refractivity contribution in [2.24, 2.45) is 0 Å². The van der Waals surface area contributed by atoms with E-state index in [2.05, 4.69) is 19.2 Å². The van der Waals surface area contributed by atoms with Gasteiger partial charge < -0.3 is 20.6 Å². The van der Waals surface area contributed by atoms with Crippen molar-refractivity contribution in [1.29, 1.82) is 0 Å². The Kier molecular flexibility index (Phi) is 26.8. The highest BCUT2D eigenvalue weighted by molar-refractivity contribution is 4.46. The second kappa shape index (κ2) is 25.4. The molecule has 0 radical (unpaired) electrons. The molecular formula is C20H44N2O3. The lowest BCUT2D eigenvalue weighted by Crippen LogP contribution is -2.84. The molecule has 0 aliphatic rings. The minimum Gasteiger partial charge on any atom is -0.356 e. The molecule has 0 spiro atoms. The zero-order valence-corrected chi connectivity index (χ0v) is 17.0. The van der Waals surface area contributed by atoms with Gasteiger partial charge in [-0.3, -0.25) is 0 Å². The van der Waals surface area contributed by atoms with Crippen LogP contribution in [0.25, 0.3) is 0 Å². The normalized spacial score (nSPS) is 10.3. The van der Waals surface area contributed by atoms with E-state index in [0.29, 0.717) is 0 Å². The quantitative estimate of drug-likeness (QED) is 0.196. The molecule has 0 unspecified atom stereocenters. The van der Waals surface area contributed by atoms with Gasteiger partial charge in [-0.25, -0.2) is 0 Å². The van der Waals surface area contributed by atoms with Crippen LogP contribution in [-0.2, 0) is 0 Å². The van der Waals surface area contributed by atoms with Gasteiger partial charge >= 0.3 is 0 Å². The van der Waals surface area contributed by atoms with E-state index in [1.165, 1.54) is 116 Å². The third-order valence-corrected chi connectivity index (χ3v) is 4.52. The second-order valence-corrected chi connectivity index (χ2v) is 7.04. The molecule has 0 saturated heterocycles. The van der Waals surface area contributed by atoms with Gasteiger partial charge in [0.2, 0.25) is 0 Å². The fourth-order valence-corrected chi connectivity index (χ4v) is 2.99. The monoisotopic (exact) mass is 360 g/mol. The van der Waals surface area contributed by atoms with Crippen LogP contribution in [0.3, 0.4) is 0 Å². The molecular weight excluding hydrogens is 316 g/mol. The first-order valence-corrected chi connectivity index (χ1v) is 10.8. The summed E-state index contributed by atoms with van der Waals surface area (Å²) in [5, 5.41) is 17.3. The number of hydrogen-bond acceptors (Lipinski definition) is 3. The van der Waals surface area contributed by atoms with E-state index in [0.717, 1.165) is 0 Å². The second-order valence-electron chi connectivity index (χ2n) is 7.04. The minimum absolute atomic E-state index is 1.37. The Hall–Kier alpha value is -0.840. The van der Waals surface area contributed by atoms with Crippen LogP contribution in [0, 0.1) is 15.3 Å². The average molecular weight is 361 g/mol. The zero-order valence-electron chi connectivity index (χ0n) is 17.0. The fraction of sp³-hybridized carbons (Fsp3) is 1.00. The Morgan fingerprint density at radius 2 is 0.800 bits per heavy atom. The lowest BCUT2D eigenvalue weighted by molar-refractivity contribution is -0.655. The highest BCUT2D eigenvalue weighted by atomic mass is 16.9. The first-order valence-electron chi connectivity index (χ1n) is 10.8. The summed E-state index contributed by atoms with van der Waals surface area (Å²) in [6.07, 6.45) is 23.1. The van der Waals surface area contributed by atoms with Gasteiger partial charge in [-0.1, -0.05) is 90.9 Å². The molecule has 0 fully saturated rings. The summed E-state index contributed by atoms with van der Waals surface area (Å²) in [5.74, 6) is 0. The summed E-state index contributed by atoms with van der Waals surface area (Å²) in [5.41, 5.74) is 0. The van der Waals surface area contributed by atoms with E-state index in [-0.39, 0.29) is 0 Å². The molecule has 0 aromatic rings. The number of hydrogen-bond donors (Lipinski definition) is 1. The van der Waals surface area contributed by atoms with Crippen LogP contribution < -0.4 is 5.32 Å². The van der Waals surface area contributed by atoms with Crippen molar-refractivity contribution in [2.75, 3.05) is 13.1 Å². The zero-order chi connectivity index (χ0) is 19.0. The highest BCUT2D eigenvalue weighted by Gasteiger charge is 1.95. The minimum atomic E-state index is -1.75. The van der Waals surface area contributed by atoms with Crippen molar-refractivity contribution in [3.05, 3.63) is 15.3 Å². The molecule has 0 aromatic heterocycles. The summed E-state index contributed by atoms with van der Waals surface area (Å²) in [4.78, 5) is 8.25. The molecule has 0 aliphatic carbocycles. The van der Waals surface area contributed by atoms with E-state index < -0.39 is 5.09 Å². The molecule has 5 heteroatoms. The summed E-state index contributed by atoms with van der Waals surface area (Å²) in [6, 6.07) is 0. The third-order valence-electron chi connectivity index (χ3n) is 4.52. The number of rotatable bonds is 18. The van der Waals surface area contributed by atoms with E-state index in [1.54, 1.807) is 0 Å². The van der Waals surface area contributed by atoms with Gasteiger partial charge in [0, 0.05) is 0 Å². The van der Waals surface area contributed by atoms with E-state index in [1.807, 2.05) is 0 Å². The Bertz CT molecular complexity index is 229. The van der Waals surface area contributed by atoms with E-state index >= 15 is 0 Å². The Balaban J connectivity index is 0. The summed E-state index contributed by atoms with van der Waals surface area (Å²) in [7, 11) is 0. The first kappa shape index (κ1) is 26.4. The lowest BCUT2D eigenvalue weighted by Gasteiger charge is -2.03. The van der Waals surface area contributed by atoms with Crippen molar-refractivity contribution in [3.63, 3.8) is 0 Å². The van der Waals surface area contributed by atoms with Crippen LogP contribution in [0.1, 0.15) is 117 Å². The Morgan fingerprint density at radius 1 is 0.560 bits per heavy atom. The molecule has 0 saturated carbocycles. The van der Waals surface area contributed by atoms with Crippen molar-refractivity contribution < 1.29 is 10.4 Å². The van der Waals surface area contributed by atoms with Gasteiger partial charge in [0.15, 0.2) is 0 Å². The maximum Gasteiger partial charge on any atom is 0.0755 e. The van der Waals surface area contributed by atoms with Crippen LogP contribution in [0.4, 0.5) is 0 Å². The average Bonchev–Trinajstić information content (AvgIpc) is 2.57. The molecule has 25 heavy (non-hydrogen) atoms. The molecule has 5 nitrogen and oxygen atoms in total. The fourth-order valence-electron chi connectivity index (χ4n) is 2.99. The summed E-state index contributed by atoms with van der Waals surface area (Å²) in [6.45, 7) is 7.32. The lowest BCUT2D eigenvalue weighted by atomic mass is 10.1. The van der Waals surface area contributed by atoms with Gasteiger partial charge in [0.1, 0.15) is 0 Å². The Morgan fingerprint density at radius 3 is 1.08 bits per heavy atom. The molecule has 0 amide bonds. The van der Waals surface area contributed by atoms with Crippen molar-refractivity contribution in [2.45, 2.75) is 117 Å². The molecule has 0 aliphatic heterocycles. The molecule has 0 atom stereocenters. The predicted octanol–water partition coefficient (Wildman–Crippen LogP) is 5.59. The van der Waals surface area contributed by atoms with Crippen LogP contribution in [0.15, 0.2) is 0 Å². The predicted molar refractivity (Wildman–Crippen MR) is 107 cm³/mol. The number of nitrogens with two attached hydrogens (primary N) is 1. The van der Waals surface area contributed by atoms with E-state index in [9.17, 15) is 0 Å².